The van der Waals surface area contributed by atoms with Gasteiger partial charge in [0, 0.05) is 18.4 Å². The number of hydrogen-bond acceptors (Lipinski definition) is 2. The maximum atomic E-state index is 12.0. The zero-order valence-electron chi connectivity index (χ0n) is 17.5. The molecule has 1 rings (SSSR count). The summed E-state index contributed by atoms with van der Waals surface area (Å²) in [6.45, 7) is 1.69. The van der Waals surface area contributed by atoms with Crippen molar-refractivity contribution in [1.29, 1.82) is 0 Å². The van der Waals surface area contributed by atoms with E-state index in [2.05, 4.69) is 0 Å². The average molecular weight is 373 g/mol. The Hall–Kier alpha value is -1.44. The van der Waals surface area contributed by atoms with Crippen molar-refractivity contribution in [3.63, 3.8) is 0 Å². The van der Waals surface area contributed by atoms with E-state index in [1.807, 2.05) is 30.3 Å². The first-order valence-corrected chi connectivity index (χ1v) is 11.3. The lowest BCUT2D eigenvalue weighted by molar-refractivity contribution is -0.117. The van der Waals surface area contributed by atoms with Crippen LogP contribution in [0.25, 0.3) is 0 Å². The third-order valence-corrected chi connectivity index (χ3v) is 5.28. The van der Waals surface area contributed by atoms with Crippen LogP contribution in [0.4, 0.5) is 0 Å². The lowest BCUT2D eigenvalue weighted by atomic mass is 10.0. The van der Waals surface area contributed by atoms with Gasteiger partial charge in [-0.1, -0.05) is 107 Å². The number of carbonyl (C=O) groups is 2. The predicted molar refractivity (Wildman–Crippen MR) is 115 cm³/mol. The van der Waals surface area contributed by atoms with Gasteiger partial charge < -0.3 is 4.79 Å². The van der Waals surface area contributed by atoms with E-state index in [1.165, 1.54) is 77.0 Å². The highest BCUT2D eigenvalue weighted by Gasteiger charge is 2.04. The van der Waals surface area contributed by atoms with E-state index >= 15 is 0 Å². The van der Waals surface area contributed by atoms with Crippen LogP contribution in [0.1, 0.15) is 120 Å². The van der Waals surface area contributed by atoms with Crippen LogP contribution in [0, 0.1) is 0 Å². The zero-order valence-corrected chi connectivity index (χ0v) is 17.5. The molecule has 0 heterocycles. The minimum absolute atomic E-state index is 0.287. The normalized spacial score (nSPS) is 10.9. The maximum absolute atomic E-state index is 12.0. The molecule has 0 unspecified atom stereocenters. The number of rotatable bonds is 18. The van der Waals surface area contributed by atoms with E-state index in [-0.39, 0.29) is 5.78 Å². The van der Waals surface area contributed by atoms with Crippen LogP contribution in [0.2, 0.25) is 0 Å². The van der Waals surface area contributed by atoms with E-state index < -0.39 is 0 Å². The number of ketones is 2. The lowest BCUT2D eigenvalue weighted by Crippen LogP contribution is -1.98. The van der Waals surface area contributed by atoms with Gasteiger partial charge in [-0.15, -0.1) is 0 Å². The standard InChI is InChI=1S/C25H40O2/c1-23(26)19-15-12-10-8-6-4-2-3-5-7-9-11-13-18-22-25(27)24-20-16-14-17-21-24/h14,16-17,20-21H,2-13,15,18-19,22H2,1H3. The smallest absolute Gasteiger partial charge is 0.162 e. The molecule has 0 fully saturated rings. The van der Waals surface area contributed by atoms with E-state index in [0.29, 0.717) is 12.2 Å². The summed E-state index contributed by atoms with van der Waals surface area (Å²) in [5.74, 6) is 0.616. The fraction of sp³-hybridized carbons (Fsp3) is 0.680. The summed E-state index contributed by atoms with van der Waals surface area (Å²) < 4.78 is 0. The number of benzene rings is 1. The Morgan fingerprint density at radius 1 is 0.556 bits per heavy atom. The lowest BCUT2D eigenvalue weighted by Gasteiger charge is -2.04. The topological polar surface area (TPSA) is 34.1 Å². The van der Waals surface area contributed by atoms with Crippen molar-refractivity contribution in [2.45, 2.75) is 110 Å². The van der Waals surface area contributed by atoms with E-state index in [1.54, 1.807) is 6.92 Å². The van der Waals surface area contributed by atoms with Crippen LogP contribution in [-0.2, 0) is 4.79 Å². The Kier molecular flexibility index (Phi) is 14.6. The second kappa shape index (κ2) is 16.7. The molecular formula is C25H40O2. The summed E-state index contributed by atoms with van der Waals surface area (Å²) in [7, 11) is 0. The van der Waals surface area contributed by atoms with Gasteiger partial charge in [0.15, 0.2) is 5.78 Å². The molecule has 0 aliphatic heterocycles. The summed E-state index contributed by atoms with van der Waals surface area (Å²) >= 11 is 0. The van der Waals surface area contributed by atoms with Crippen molar-refractivity contribution >= 4 is 11.6 Å². The van der Waals surface area contributed by atoms with E-state index in [0.717, 1.165) is 24.8 Å². The molecule has 152 valence electrons. The quantitative estimate of drug-likeness (QED) is 0.195. The van der Waals surface area contributed by atoms with Crippen LogP contribution in [0.3, 0.4) is 0 Å². The molecule has 2 heteroatoms. The molecule has 0 radical (unpaired) electrons. The SMILES string of the molecule is CC(=O)CCCCCCCCCCCCCCCCC(=O)c1ccccc1. The third-order valence-electron chi connectivity index (χ3n) is 5.28. The van der Waals surface area contributed by atoms with Gasteiger partial charge in [-0.25, -0.2) is 0 Å². The molecule has 0 aliphatic rings. The monoisotopic (exact) mass is 372 g/mol. The largest absolute Gasteiger partial charge is 0.300 e. The van der Waals surface area contributed by atoms with E-state index in [9.17, 15) is 9.59 Å². The van der Waals surface area contributed by atoms with Crippen molar-refractivity contribution in [1.82, 2.24) is 0 Å². The third kappa shape index (κ3) is 14.3. The minimum Gasteiger partial charge on any atom is -0.300 e. The fourth-order valence-electron chi connectivity index (χ4n) is 3.55. The van der Waals surface area contributed by atoms with Crippen molar-refractivity contribution < 1.29 is 9.59 Å². The summed E-state index contributed by atoms with van der Waals surface area (Å²) in [4.78, 5) is 22.8. The highest BCUT2D eigenvalue weighted by atomic mass is 16.1. The molecule has 0 aromatic heterocycles. The second-order valence-corrected chi connectivity index (χ2v) is 7.94. The van der Waals surface area contributed by atoms with Crippen LogP contribution < -0.4 is 0 Å². The average Bonchev–Trinajstić information content (AvgIpc) is 2.68. The zero-order chi connectivity index (χ0) is 19.6. The number of hydrogen-bond donors (Lipinski definition) is 0. The minimum atomic E-state index is 0.287. The van der Waals surface area contributed by atoms with E-state index in [4.69, 9.17) is 0 Å². The fourth-order valence-corrected chi connectivity index (χ4v) is 3.55. The van der Waals surface area contributed by atoms with Crippen LogP contribution in [-0.4, -0.2) is 11.6 Å². The van der Waals surface area contributed by atoms with Crippen molar-refractivity contribution in [2.24, 2.45) is 0 Å². The van der Waals surface area contributed by atoms with Gasteiger partial charge in [0.05, 0.1) is 0 Å². The van der Waals surface area contributed by atoms with Crippen LogP contribution in [0.15, 0.2) is 30.3 Å². The van der Waals surface area contributed by atoms with Crippen molar-refractivity contribution in [2.75, 3.05) is 0 Å². The predicted octanol–water partition coefficient (Wildman–Crippen LogP) is 7.70. The van der Waals surface area contributed by atoms with Gasteiger partial charge in [0.25, 0.3) is 0 Å². The Balaban J connectivity index is 1.77. The molecule has 0 bridgehead atoms. The van der Waals surface area contributed by atoms with Crippen molar-refractivity contribution in [3.05, 3.63) is 35.9 Å². The van der Waals surface area contributed by atoms with Crippen LogP contribution >= 0.6 is 0 Å². The van der Waals surface area contributed by atoms with Crippen molar-refractivity contribution in [3.8, 4) is 0 Å². The highest BCUT2D eigenvalue weighted by molar-refractivity contribution is 5.95. The van der Waals surface area contributed by atoms with Crippen LogP contribution in [0.5, 0.6) is 0 Å². The summed E-state index contributed by atoms with van der Waals surface area (Å²) in [5, 5.41) is 0. The molecule has 0 spiro atoms. The molecule has 0 N–H and O–H groups in total. The highest BCUT2D eigenvalue weighted by Crippen LogP contribution is 2.14. The molecule has 0 amide bonds. The van der Waals surface area contributed by atoms with Gasteiger partial charge in [0.1, 0.15) is 5.78 Å². The van der Waals surface area contributed by atoms with Gasteiger partial charge in [-0.2, -0.15) is 0 Å². The number of carbonyl (C=O) groups excluding carboxylic acids is 2. The molecule has 2 nitrogen and oxygen atoms in total. The molecular weight excluding hydrogens is 332 g/mol. The molecule has 0 saturated carbocycles. The molecule has 1 aromatic rings. The maximum Gasteiger partial charge on any atom is 0.162 e. The molecule has 1 aromatic carbocycles. The summed E-state index contributed by atoms with van der Waals surface area (Å²) in [6.07, 6.45) is 19.4. The Bertz CT molecular complexity index is 492. The first-order chi connectivity index (χ1) is 13.2. The second-order valence-electron chi connectivity index (χ2n) is 7.94. The molecule has 0 atom stereocenters. The molecule has 0 saturated heterocycles. The first-order valence-electron chi connectivity index (χ1n) is 11.3. The summed E-state index contributed by atoms with van der Waals surface area (Å²) in [5.41, 5.74) is 0.855. The van der Waals surface area contributed by atoms with Gasteiger partial charge >= 0.3 is 0 Å². The molecule has 0 aliphatic carbocycles. The number of Topliss-reactive ketones (excluding diaryl/α,β-unsaturated/α-hetero) is 2. The first kappa shape index (κ1) is 23.6. The molecule has 27 heavy (non-hydrogen) atoms. The van der Waals surface area contributed by atoms with Gasteiger partial charge in [-0.05, 0) is 19.8 Å². The Morgan fingerprint density at radius 3 is 1.33 bits per heavy atom. The van der Waals surface area contributed by atoms with Gasteiger partial charge in [-0.3, -0.25) is 4.79 Å². The summed E-state index contributed by atoms with van der Waals surface area (Å²) in [6, 6.07) is 9.65. The Morgan fingerprint density at radius 2 is 0.926 bits per heavy atom. The Labute approximate surface area is 167 Å². The van der Waals surface area contributed by atoms with Gasteiger partial charge in [0.2, 0.25) is 0 Å². The number of unbranched alkanes of at least 4 members (excludes halogenated alkanes) is 13.